The minimum Gasteiger partial charge on any atom is -0.484 e. The highest BCUT2D eigenvalue weighted by molar-refractivity contribution is 6.09. The molecule has 0 fully saturated rings. The highest BCUT2D eigenvalue weighted by Crippen LogP contribution is 2.17. The summed E-state index contributed by atoms with van der Waals surface area (Å²) >= 11 is 0. The first-order chi connectivity index (χ1) is 15.4. The Morgan fingerprint density at radius 1 is 1.00 bits per heavy atom. The van der Waals surface area contributed by atoms with Gasteiger partial charge in [0, 0.05) is 11.4 Å². The summed E-state index contributed by atoms with van der Waals surface area (Å²) in [5, 5.41) is 14.7. The van der Waals surface area contributed by atoms with E-state index in [-0.39, 0.29) is 12.2 Å². The quantitative estimate of drug-likeness (QED) is 0.421. The van der Waals surface area contributed by atoms with E-state index in [9.17, 15) is 19.2 Å². The smallest absolute Gasteiger partial charge is 0.266 e. The van der Waals surface area contributed by atoms with Crippen molar-refractivity contribution >= 4 is 29.3 Å². The maximum atomic E-state index is 12.9. The van der Waals surface area contributed by atoms with Crippen molar-refractivity contribution in [3.05, 3.63) is 95.3 Å². The Bertz CT molecular complexity index is 1200. The number of nitriles is 1. The van der Waals surface area contributed by atoms with Crippen LogP contribution in [0.25, 0.3) is 6.08 Å². The summed E-state index contributed by atoms with van der Waals surface area (Å²) in [6, 6.07) is 21.2. The second kappa shape index (κ2) is 10.5. The lowest BCUT2D eigenvalue weighted by Gasteiger charge is -2.08. The van der Waals surface area contributed by atoms with Crippen molar-refractivity contribution in [1.29, 1.82) is 5.26 Å². The van der Waals surface area contributed by atoms with E-state index in [0.717, 1.165) is 5.56 Å². The molecule has 3 rings (SSSR count). The second-order valence-corrected chi connectivity index (χ2v) is 6.91. The van der Waals surface area contributed by atoms with E-state index in [1.165, 1.54) is 30.3 Å². The number of carbonyl (C=O) groups is 2. The number of hydrogen-bond acceptors (Lipinski definition) is 4. The normalized spacial score (nSPS) is 10.7. The fourth-order valence-corrected chi connectivity index (χ4v) is 2.81. The van der Waals surface area contributed by atoms with Gasteiger partial charge in [0.25, 0.3) is 11.8 Å². The zero-order valence-corrected chi connectivity index (χ0v) is 17.3. The summed E-state index contributed by atoms with van der Waals surface area (Å²) in [7, 11) is 0. The highest BCUT2D eigenvalue weighted by Gasteiger charge is 2.10. The number of benzene rings is 3. The molecule has 0 saturated carbocycles. The summed E-state index contributed by atoms with van der Waals surface area (Å²) in [6.45, 7) is 1.64. The van der Waals surface area contributed by atoms with E-state index in [4.69, 9.17) is 4.74 Å². The number of carbonyl (C=O) groups excluding carboxylic acids is 2. The molecule has 7 heteroatoms. The van der Waals surface area contributed by atoms with Gasteiger partial charge in [-0.15, -0.1) is 0 Å². The molecular formula is C25H20FN3O3. The fraction of sp³-hybridized carbons (Fsp3) is 0.0800. The Kier molecular flexibility index (Phi) is 7.33. The number of anilines is 2. The number of aryl methyl sites for hydroxylation is 1. The van der Waals surface area contributed by atoms with Crippen molar-refractivity contribution in [2.75, 3.05) is 17.2 Å². The van der Waals surface area contributed by atoms with Gasteiger partial charge in [-0.1, -0.05) is 24.3 Å². The first-order valence-corrected chi connectivity index (χ1v) is 9.71. The topological polar surface area (TPSA) is 91.2 Å². The van der Waals surface area contributed by atoms with Crippen molar-refractivity contribution in [3.8, 4) is 11.8 Å². The average molecular weight is 429 g/mol. The Labute approximate surface area is 185 Å². The fourth-order valence-electron chi connectivity index (χ4n) is 2.81. The van der Waals surface area contributed by atoms with Crippen LogP contribution in [0.15, 0.2) is 78.4 Å². The van der Waals surface area contributed by atoms with Crippen molar-refractivity contribution in [2.24, 2.45) is 0 Å². The van der Waals surface area contributed by atoms with Gasteiger partial charge >= 0.3 is 0 Å². The molecule has 3 aromatic carbocycles. The molecule has 0 aliphatic rings. The van der Waals surface area contributed by atoms with Crippen LogP contribution in [0, 0.1) is 24.1 Å². The highest BCUT2D eigenvalue weighted by atomic mass is 19.1. The van der Waals surface area contributed by atoms with E-state index in [2.05, 4.69) is 10.6 Å². The van der Waals surface area contributed by atoms with Crippen LogP contribution in [0.2, 0.25) is 0 Å². The number of nitrogens with zero attached hydrogens (tertiary/aromatic N) is 1. The molecule has 0 aliphatic carbocycles. The molecule has 2 N–H and O–H groups in total. The zero-order chi connectivity index (χ0) is 22.9. The van der Waals surface area contributed by atoms with Crippen molar-refractivity contribution in [1.82, 2.24) is 0 Å². The first kappa shape index (κ1) is 22.2. The van der Waals surface area contributed by atoms with Gasteiger partial charge in [-0.05, 0) is 72.7 Å². The van der Waals surface area contributed by atoms with E-state index in [1.807, 2.05) is 25.1 Å². The summed E-state index contributed by atoms with van der Waals surface area (Å²) < 4.78 is 18.4. The van der Waals surface area contributed by atoms with Gasteiger partial charge in [0.2, 0.25) is 0 Å². The van der Waals surface area contributed by atoms with Gasteiger partial charge in [-0.3, -0.25) is 9.59 Å². The molecule has 0 spiro atoms. The van der Waals surface area contributed by atoms with Crippen LogP contribution in [0.3, 0.4) is 0 Å². The average Bonchev–Trinajstić information content (AvgIpc) is 2.78. The third-order valence-corrected chi connectivity index (χ3v) is 4.31. The van der Waals surface area contributed by atoms with E-state index in [0.29, 0.717) is 22.7 Å². The number of hydrogen-bond donors (Lipinski definition) is 2. The minimum atomic E-state index is -0.525. The van der Waals surface area contributed by atoms with Crippen LogP contribution in [0.1, 0.15) is 11.1 Å². The summed E-state index contributed by atoms with van der Waals surface area (Å²) in [5.74, 6) is -0.936. The third-order valence-electron chi connectivity index (χ3n) is 4.31. The molecule has 160 valence electrons. The predicted molar refractivity (Wildman–Crippen MR) is 120 cm³/mol. The first-order valence-electron chi connectivity index (χ1n) is 9.71. The zero-order valence-electron chi connectivity index (χ0n) is 17.3. The van der Waals surface area contributed by atoms with Crippen LogP contribution in [0.5, 0.6) is 5.75 Å². The summed E-state index contributed by atoms with van der Waals surface area (Å²) in [5.41, 5.74) is 2.53. The lowest BCUT2D eigenvalue weighted by atomic mass is 10.1. The van der Waals surface area contributed by atoms with Gasteiger partial charge in [0.1, 0.15) is 23.2 Å². The molecule has 6 nitrogen and oxygen atoms in total. The maximum absolute atomic E-state index is 12.9. The minimum absolute atomic E-state index is 0.0716. The Balaban J connectivity index is 1.62. The van der Waals surface area contributed by atoms with Crippen molar-refractivity contribution in [3.63, 3.8) is 0 Å². The third kappa shape index (κ3) is 6.54. The largest absolute Gasteiger partial charge is 0.484 e. The van der Waals surface area contributed by atoms with Crippen LogP contribution < -0.4 is 15.4 Å². The van der Waals surface area contributed by atoms with Gasteiger partial charge < -0.3 is 15.4 Å². The van der Waals surface area contributed by atoms with Gasteiger partial charge in [-0.25, -0.2) is 4.39 Å². The predicted octanol–water partition coefficient (Wildman–Crippen LogP) is 4.70. The Hall–Kier alpha value is -4.44. The molecule has 0 heterocycles. The molecule has 0 aromatic heterocycles. The van der Waals surface area contributed by atoms with Gasteiger partial charge in [-0.2, -0.15) is 5.26 Å². The molecule has 32 heavy (non-hydrogen) atoms. The van der Waals surface area contributed by atoms with Crippen molar-refractivity contribution < 1.29 is 18.7 Å². The molecule has 0 unspecified atom stereocenters. The molecule has 0 bridgehead atoms. The maximum Gasteiger partial charge on any atom is 0.266 e. The monoisotopic (exact) mass is 429 g/mol. The Morgan fingerprint density at radius 3 is 2.47 bits per heavy atom. The lowest BCUT2D eigenvalue weighted by Crippen LogP contribution is -2.20. The number of amides is 2. The molecule has 0 radical (unpaired) electrons. The number of nitrogens with one attached hydrogen (secondary N) is 2. The Morgan fingerprint density at radius 2 is 1.75 bits per heavy atom. The van der Waals surface area contributed by atoms with Crippen LogP contribution >= 0.6 is 0 Å². The number of rotatable bonds is 7. The molecular weight excluding hydrogens is 409 g/mol. The number of ether oxygens (including phenoxy) is 1. The molecule has 0 atom stereocenters. The van der Waals surface area contributed by atoms with Crippen LogP contribution in [-0.4, -0.2) is 18.4 Å². The molecule has 2 amide bonds. The molecule has 0 aliphatic heterocycles. The summed E-state index contributed by atoms with van der Waals surface area (Å²) in [6.07, 6.45) is 1.44. The van der Waals surface area contributed by atoms with E-state index in [1.54, 1.807) is 36.4 Å². The SMILES string of the molecule is Cc1cccc(NC(=O)/C(C#N)=C/c2cccc(OCC(=O)Nc3ccc(F)cc3)c2)c1. The molecule has 0 saturated heterocycles. The van der Waals surface area contributed by atoms with E-state index >= 15 is 0 Å². The number of halogens is 1. The van der Waals surface area contributed by atoms with Crippen molar-refractivity contribution in [2.45, 2.75) is 6.92 Å². The standard InChI is InChI=1S/C25H20FN3O3/c1-17-4-2-6-22(12-17)29-25(31)19(15-27)13-18-5-3-7-23(14-18)32-16-24(30)28-21-10-8-20(26)9-11-21/h2-14H,16H2,1H3,(H,28,30)(H,29,31)/b19-13+. The second-order valence-electron chi connectivity index (χ2n) is 6.91. The van der Waals surface area contributed by atoms with Crippen LogP contribution in [0.4, 0.5) is 15.8 Å². The molecule has 3 aromatic rings. The van der Waals surface area contributed by atoms with Crippen LogP contribution in [-0.2, 0) is 9.59 Å². The van der Waals surface area contributed by atoms with E-state index < -0.39 is 17.6 Å². The summed E-state index contributed by atoms with van der Waals surface area (Å²) in [4.78, 5) is 24.5. The van der Waals surface area contributed by atoms with Gasteiger partial charge in [0.05, 0.1) is 0 Å². The van der Waals surface area contributed by atoms with Gasteiger partial charge in [0.15, 0.2) is 6.61 Å². The lowest BCUT2D eigenvalue weighted by molar-refractivity contribution is -0.118.